The number of carbonyl (C=O) groups excluding carboxylic acids is 2. The number of nitrogens with one attached hydrogen (secondary N) is 1. The maximum absolute atomic E-state index is 12.5. The minimum atomic E-state index is 0. The lowest BCUT2D eigenvalue weighted by molar-refractivity contribution is -0.140. The normalized spacial score (nSPS) is 20.7. The molecule has 0 aliphatic carbocycles. The number of amides is 2. The third-order valence-electron chi connectivity index (χ3n) is 4.71. The maximum atomic E-state index is 12.5. The fourth-order valence-electron chi connectivity index (χ4n) is 3.39. The van der Waals surface area contributed by atoms with E-state index in [0.717, 1.165) is 48.1 Å². The average molecular weight is 418 g/mol. The van der Waals surface area contributed by atoms with E-state index >= 15 is 0 Å². The van der Waals surface area contributed by atoms with E-state index in [1.54, 1.807) is 11.8 Å². The number of rotatable bonds is 5. The highest BCUT2D eigenvalue weighted by atomic mass is 35.5. The number of piperazine rings is 1. The first-order valence-corrected chi connectivity index (χ1v) is 10.2. The fourth-order valence-corrected chi connectivity index (χ4v) is 4.35. The van der Waals surface area contributed by atoms with Crippen LogP contribution in [0.5, 0.6) is 0 Å². The monoisotopic (exact) mass is 417 g/mol. The Morgan fingerprint density at radius 1 is 1.27 bits per heavy atom. The van der Waals surface area contributed by atoms with Crippen molar-refractivity contribution < 1.29 is 9.59 Å². The Kier molecular flexibility index (Phi) is 8.54. The predicted octanol–water partition coefficient (Wildman–Crippen LogP) is 2.67. The Morgan fingerprint density at radius 3 is 2.77 bits per heavy atom. The van der Waals surface area contributed by atoms with E-state index in [-0.39, 0.29) is 30.3 Å². The number of nitrogens with zero attached hydrogens (tertiary/aromatic N) is 2. The number of hydrogen-bond donors (Lipinski definition) is 1. The average Bonchev–Trinajstić information content (AvgIpc) is 2.64. The quantitative estimate of drug-likeness (QED) is 0.748. The van der Waals surface area contributed by atoms with Crippen LogP contribution in [-0.2, 0) is 9.59 Å². The van der Waals surface area contributed by atoms with E-state index in [4.69, 9.17) is 11.6 Å². The van der Waals surface area contributed by atoms with Crippen molar-refractivity contribution in [1.82, 2.24) is 15.1 Å². The molecule has 0 saturated carbocycles. The Bertz CT molecular complexity index is 615. The van der Waals surface area contributed by atoms with Gasteiger partial charge in [0.25, 0.3) is 0 Å². The molecule has 8 heteroatoms. The molecule has 5 nitrogen and oxygen atoms in total. The molecule has 0 spiro atoms. The van der Waals surface area contributed by atoms with Crippen LogP contribution in [-0.4, -0.2) is 66.1 Å². The first-order chi connectivity index (χ1) is 12.1. The zero-order chi connectivity index (χ0) is 17.6. The van der Waals surface area contributed by atoms with Crippen LogP contribution in [0.2, 0.25) is 5.02 Å². The lowest BCUT2D eigenvalue weighted by Gasteiger charge is -2.41. The van der Waals surface area contributed by atoms with Gasteiger partial charge in [0.1, 0.15) is 0 Å². The molecule has 1 N–H and O–H groups in total. The van der Waals surface area contributed by atoms with Gasteiger partial charge in [0, 0.05) is 54.3 Å². The Labute approximate surface area is 170 Å². The van der Waals surface area contributed by atoms with Gasteiger partial charge < -0.3 is 15.1 Å². The fraction of sp³-hybridized carbons (Fsp3) is 0.556. The van der Waals surface area contributed by atoms with Gasteiger partial charge in [-0.1, -0.05) is 11.6 Å². The van der Waals surface area contributed by atoms with Gasteiger partial charge in [-0.15, -0.1) is 24.2 Å². The molecule has 1 aromatic rings. The molecule has 0 aromatic heterocycles. The van der Waals surface area contributed by atoms with E-state index in [1.165, 1.54) is 0 Å². The Balaban J connectivity index is 0.00000243. The molecule has 2 saturated heterocycles. The molecular formula is C18H25Cl2N3O2S. The van der Waals surface area contributed by atoms with Crippen LogP contribution in [0, 0.1) is 0 Å². The number of thioether (sulfide) groups is 1. The van der Waals surface area contributed by atoms with E-state index in [2.05, 4.69) is 5.32 Å². The summed E-state index contributed by atoms with van der Waals surface area (Å²) < 4.78 is 0. The summed E-state index contributed by atoms with van der Waals surface area (Å²) in [4.78, 5) is 29.6. The first kappa shape index (κ1) is 21.4. The highest BCUT2D eigenvalue weighted by molar-refractivity contribution is 7.99. The summed E-state index contributed by atoms with van der Waals surface area (Å²) >= 11 is 7.56. The highest BCUT2D eigenvalue weighted by Gasteiger charge is 2.31. The Hall–Kier alpha value is -0.950. The molecular weight excluding hydrogens is 393 g/mol. The van der Waals surface area contributed by atoms with Crippen LogP contribution in [0.1, 0.15) is 19.3 Å². The molecule has 2 aliphatic rings. The van der Waals surface area contributed by atoms with Gasteiger partial charge in [0.15, 0.2) is 0 Å². The number of halogens is 2. The van der Waals surface area contributed by atoms with Gasteiger partial charge in [-0.25, -0.2) is 0 Å². The van der Waals surface area contributed by atoms with Gasteiger partial charge >= 0.3 is 0 Å². The zero-order valence-electron chi connectivity index (χ0n) is 14.7. The molecule has 1 aromatic carbocycles. The number of hydrogen-bond acceptors (Lipinski definition) is 4. The van der Waals surface area contributed by atoms with Crippen molar-refractivity contribution in [3.05, 3.63) is 29.3 Å². The summed E-state index contributed by atoms with van der Waals surface area (Å²) in [6.45, 7) is 3.49. The third-order valence-corrected chi connectivity index (χ3v) is 5.98. The van der Waals surface area contributed by atoms with Gasteiger partial charge in [0.2, 0.25) is 11.8 Å². The van der Waals surface area contributed by atoms with Crippen LogP contribution in [0.25, 0.3) is 0 Å². The van der Waals surface area contributed by atoms with Crippen molar-refractivity contribution in [3.63, 3.8) is 0 Å². The van der Waals surface area contributed by atoms with Crippen molar-refractivity contribution in [1.29, 1.82) is 0 Å². The summed E-state index contributed by atoms with van der Waals surface area (Å²) in [5, 5.41) is 3.83. The summed E-state index contributed by atoms with van der Waals surface area (Å²) in [6, 6.07) is 7.86. The van der Waals surface area contributed by atoms with E-state index in [1.807, 2.05) is 34.1 Å². The van der Waals surface area contributed by atoms with Gasteiger partial charge in [-0.3, -0.25) is 9.59 Å². The minimum absolute atomic E-state index is 0. The zero-order valence-corrected chi connectivity index (χ0v) is 17.0. The van der Waals surface area contributed by atoms with Crippen LogP contribution in [0.3, 0.4) is 0 Å². The topological polar surface area (TPSA) is 52.7 Å². The molecule has 0 radical (unpaired) electrons. The predicted molar refractivity (Wildman–Crippen MR) is 108 cm³/mol. The van der Waals surface area contributed by atoms with Crippen molar-refractivity contribution in [3.8, 4) is 0 Å². The Morgan fingerprint density at radius 2 is 2.04 bits per heavy atom. The summed E-state index contributed by atoms with van der Waals surface area (Å²) in [5.74, 6) is 1.10. The highest BCUT2D eigenvalue weighted by Crippen LogP contribution is 2.22. The SMILES string of the molecule is Cl.O=C(CCSc1ccc(Cl)cc1)N1CCCC(N2CCNCC2=O)C1. The second kappa shape index (κ2) is 10.4. The number of piperidine rings is 1. The molecule has 2 amide bonds. The van der Waals surface area contributed by atoms with E-state index < -0.39 is 0 Å². The molecule has 26 heavy (non-hydrogen) atoms. The number of likely N-dealkylation sites (tertiary alicyclic amines) is 1. The van der Waals surface area contributed by atoms with Crippen LogP contribution in [0.15, 0.2) is 29.2 Å². The molecule has 2 aliphatic heterocycles. The molecule has 144 valence electrons. The van der Waals surface area contributed by atoms with Crippen molar-refractivity contribution in [2.45, 2.75) is 30.2 Å². The molecule has 2 heterocycles. The summed E-state index contributed by atoms with van der Waals surface area (Å²) in [6.07, 6.45) is 2.49. The van der Waals surface area contributed by atoms with Gasteiger partial charge in [0.05, 0.1) is 6.54 Å². The van der Waals surface area contributed by atoms with Crippen molar-refractivity contribution >= 4 is 47.6 Å². The lowest BCUT2D eigenvalue weighted by Crippen LogP contribution is -2.57. The third kappa shape index (κ3) is 5.78. The standard InChI is InChI=1S/C18H24ClN3O2S.ClH/c19-14-3-5-16(6-4-14)25-11-7-17(23)21-9-1-2-15(13-21)22-10-8-20-12-18(22)24;/h3-6,15,20H,1-2,7-13H2;1H. The smallest absolute Gasteiger partial charge is 0.236 e. The largest absolute Gasteiger partial charge is 0.341 e. The van der Waals surface area contributed by atoms with Crippen LogP contribution in [0.4, 0.5) is 0 Å². The minimum Gasteiger partial charge on any atom is -0.341 e. The number of benzene rings is 1. The van der Waals surface area contributed by atoms with Crippen LogP contribution < -0.4 is 5.32 Å². The van der Waals surface area contributed by atoms with Crippen molar-refractivity contribution in [2.75, 3.05) is 38.5 Å². The molecule has 0 bridgehead atoms. The summed E-state index contributed by atoms with van der Waals surface area (Å²) in [7, 11) is 0. The number of carbonyl (C=O) groups is 2. The maximum Gasteiger partial charge on any atom is 0.236 e. The molecule has 1 unspecified atom stereocenters. The molecule has 3 rings (SSSR count). The molecule has 1 atom stereocenters. The van der Waals surface area contributed by atoms with Gasteiger partial charge in [-0.2, -0.15) is 0 Å². The second-order valence-electron chi connectivity index (χ2n) is 6.45. The van der Waals surface area contributed by atoms with E-state index in [0.29, 0.717) is 19.5 Å². The van der Waals surface area contributed by atoms with Crippen LogP contribution >= 0.6 is 35.8 Å². The lowest BCUT2D eigenvalue weighted by atomic mass is 10.0. The van der Waals surface area contributed by atoms with Crippen molar-refractivity contribution in [2.24, 2.45) is 0 Å². The summed E-state index contributed by atoms with van der Waals surface area (Å²) in [5.41, 5.74) is 0. The van der Waals surface area contributed by atoms with E-state index in [9.17, 15) is 9.59 Å². The second-order valence-corrected chi connectivity index (χ2v) is 8.06. The van der Waals surface area contributed by atoms with Gasteiger partial charge in [-0.05, 0) is 37.1 Å². The first-order valence-electron chi connectivity index (χ1n) is 8.80. The molecule has 2 fully saturated rings.